The van der Waals surface area contributed by atoms with E-state index in [-0.39, 0.29) is 36.9 Å². The summed E-state index contributed by atoms with van der Waals surface area (Å²) >= 11 is 0. The molecule has 0 heterocycles. The van der Waals surface area contributed by atoms with Crippen LogP contribution in [0.1, 0.15) is 62.6 Å². The third kappa shape index (κ3) is 5.31. The first kappa shape index (κ1) is 20.4. The minimum Gasteiger partial charge on any atom is -0.349 e. The first-order valence-corrected chi connectivity index (χ1v) is 9.77. The van der Waals surface area contributed by atoms with Crippen LogP contribution in [0.5, 0.6) is 0 Å². The summed E-state index contributed by atoms with van der Waals surface area (Å²) in [5, 5.41) is 3.27. The first-order chi connectivity index (χ1) is 12.5. The van der Waals surface area contributed by atoms with Gasteiger partial charge in [-0.25, -0.2) is 0 Å². The van der Waals surface area contributed by atoms with Gasteiger partial charge < -0.3 is 16.0 Å². The van der Waals surface area contributed by atoms with Gasteiger partial charge in [0.25, 0.3) is 0 Å². The standard InChI is InChI=1S/C21H33N3O2/c1-4-16(13-19(25)24(3)14-22)21(26)23-20(17-9-5-6-10-17)18-11-7-8-15(2)12-18/h7-8,11-12,16-17,20H,4-6,9-10,13-14,22H2,1-3H3,(H,23,26). The van der Waals surface area contributed by atoms with Crippen molar-refractivity contribution in [3.63, 3.8) is 0 Å². The average Bonchev–Trinajstić information content (AvgIpc) is 3.17. The predicted molar refractivity (Wildman–Crippen MR) is 104 cm³/mol. The van der Waals surface area contributed by atoms with E-state index < -0.39 is 0 Å². The molecular formula is C21H33N3O2. The summed E-state index contributed by atoms with van der Waals surface area (Å²) in [7, 11) is 1.67. The van der Waals surface area contributed by atoms with Gasteiger partial charge >= 0.3 is 0 Å². The van der Waals surface area contributed by atoms with Crippen LogP contribution in [0.2, 0.25) is 0 Å². The molecule has 26 heavy (non-hydrogen) atoms. The Morgan fingerprint density at radius 1 is 1.31 bits per heavy atom. The van der Waals surface area contributed by atoms with Crippen molar-refractivity contribution >= 4 is 11.8 Å². The van der Waals surface area contributed by atoms with Crippen molar-refractivity contribution < 1.29 is 9.59 Å². The summed E-state index contributed by atoms with van der Waals surface area (Å²) in [6, 6.07) is 8.42. The highest BCUT2D eigenvalue weighted by Gasteiger charge is 2.30. The highest BCUT2D eigenvalue weighted by molar-refractivity contribution is 5.86. The molecule has 144 valence electrons. The second kappa shape index (κ2) is 9.72. The fourth-order valence-corrected chi connectivity index (χ4v) is 3.79. The molecule has 5 nitrogen and oxygen atoms in total. The van der Waals surface area contributed by atoms with Crippen LogP contribution in [0, 0.1) is 18.8 Å². The van der Waals surface area contributed by atoms with E-state index >= 15 is 0 Å². The van der Waals surface area contributed by atoms with Crippen molar-refractivity contribution in [2.45, 2.75) is 58.4 Å². The SMILES string of the molecule is CCC(CC(=O)N(C)CN)C(=O)NC(c1cccc(C)c1)C1CCCC1. The summed E-state index contributed by atoms with van der Waals surface area (Å²) in [5.41, 5.74) is 7.90. The summed E-state index contributed by atoms with van der Waals surface area (Å²) in [5.74, 6) is 0.0537. The van der Waals surface area contributed by atoms with E-state index in [4.69, 9.17) is 5.73 Å². The van der Waals surface area contributed by atoms with Crippen LogP contribution in [0.3, 0.4) is 0 Å². The zero-order valence-electron chi connectivity index (χ0n) is 16.3. The molecule has 3 N–H and O–H groups in total. The lowest BCUT2D eigenvalue weighted by Gasteiger charge is -2.28. The second-order valence-corrected chi connectivity index (χ2v) is 7.53. The van der Waals surface area contributed by atoms with E-state index in [0.29, 0.717) is 12.3 Å². The normalized spacial score (nSPS) is 16.9. The number of nitrogens with two attached hydrogens (primary N) is 1. The number of nitrogens with one attached hydrogen (secondary N) is 1. The summed E-state index contributed by atoms with van der Waals surface area (Å²) in [6.07, 6.45) is 5.58. The number of benzene rings is 1. The zero-order chi connectivity index (χ0) is 19.1. The fraction of sp³-hybridized carbons (Fsp3) is 0.619. The van der Waals surface area contributed by atoms with Gasteiger partial charge in [-0.2, -0.15) is 0 Å². The van der Waals surface area contributed by atoms with Gasteiger partial charge in [0, 0.05) is 19.4 Å². The van der Waals surface area contributed by atoms with Crippen LogP contribution in [0.15, 0.2) is 24.3 Å². The maximum Gasteiger partial charge on any atom is 0.224 e. The molecular weight excluding hydrogens is 326 g/mol. The lowest BCUT2D eigenvalue weighted by molar-refractivity contribution is -0.135. The molecule has 0 saturated heterocycles. The number of rotatable bonds is 8. The average molecular weight is 360 g/mol. The van der Waals surface area contributed by atoms with Gasteiger partial charge in [-0.1, -0.05) is 49.6 Å². The molecule has 5 heteroatoms. The van der Waals surface area contributed by atoms with Crippen molar-refractivity contribution in [1.29, 1.82) is 0 Å². The van der Waals surface area contributed by atoms with E-state index in [9.17, 15) is 9.59 Å². The number of hydrogen-bond donors (Lipinski definition) is 2. The van der Waals surface area contributed by atoms with Gasteiger partial charge in [-0.05, 0) is 37.7 Å². The van der Waals surface area contributed by atoms with Crippen LogP contribution in [0.4, 0.5) is 0 Å². The number of carbonyl (C=O) groups is 2. The lowest BCUT2D eigenvalue weighted by Crippen LogP contribution is -2.40. The van der Waals surface area contributed by atoms with Gasteiger partial charge in [0.1, 0.15) is 0 Å². The van der Waals surface area contributed by atoms with Crippen LogP contribution in [-0.4, -0.2) is 30.4 Å². The van der Waals surface area contributed by atoms with Gasteiger partial charge in [0.15, 0.2) is 0 Å². The molecule has 1 aliphatic carbocycles. The van der Waals surface area contributed by atoms with Crippen molar-refractivity contribution in [2.24, 2.45) is 17.6 Å². The van der Waals surface area contributed by atoms with Crippen LogP contribution < -0.4 is 11.1 Å². The van der Waals surface area contributed by atoms with Crippen molar-refractivity contribution in [2.75, 3.05) is 13.7 Å². The molecule has 1 saturated carbocycles. The van der Waals surface area contributed by atoms with E-state index in [1.807, 2.05) is 6.92 Å². The maximum atomic E-state index is 12.9. The van der Waals surface area contributed by atoms with Crippen LogP contribution in [-0.2, 0) is 9.59 Å². The third-order valence-corrected chi connectivity index (χ3v) is 5.55. The number of nitrogens with zero attached hydrogens (tertiary/aromatic N) is 1. The Hall–Kier alpha value is -1.88. The second-order valence-electron chi connectivity index (χ2n) is 7.53. The summed E-state index contributed by atoms with van der Waals surface area (Å²) in [4.78, 5) is 26.6. The monoisotopic (exact) mass is 359 g/mol. The van der Waals surface area contributed by atoms with Gasteiger partial charge in [0.05, 0.1) is 12.7 Å². The number of carbonyl (C=O) groups excluding carboxylic acids is 2. The number of hydrogen-bond acceptors (Lipinski definition) is 3. The Labute approximate surface area is 157 Å². The molecule has 0 bridgehead atoms. The highest BCUT2D eigenvalue weighted by Crippen LogP contribution is 2.36. The third-order valence-electron chi connectivity index (χ3n) is 5.55. The molecule has 2 amide bonds. The highest BCUT2D eigenvalue weighted by atomic mass is 16.2. The van der Waals surface area contributed by atoms with Crippen molar-refractivity contribution in [3.05, 3.63) is 35.4 Å². The molecule has 1 fully saturated rings. The van der Waals surface area contributed by atoms with Gasteiger partial charge in [-0.3, -0.25) is 9.59 Å². The van der Waals surface area contributed by atoms with E-state index in [2.05, 4.69) is 36.5 Å². The molecule has 1 aromatic carbocycles. The Bertz CT molecular complexity index is 611. The minimum absolute atomic E-state index is 0.0234. The molecule has 0 spiro atoms. The Morgan fingerprint density at radius 3 is 2.58 bits per heavy atom. The molecule has 2 unspecified atom stereocenters. The molecule has 1 aromatic rings. The predicted octanol–water partition coefficient (Wildman–Crippen LogP) is 3.13. The fourth-order valence-electron chi connectivity index (χ4n) is 3.79. The first-order valence-electron chi connectivity index (χ1n) is 9.77. The Morgan fingerprint density at radius 2 is 2.00 bits per heavy atom. The van der Waals surface area contributed by atoms with E-state index in [1.165, 1.54) is 28.9 Å². The maximum absolute atomic E-state index is 12.9. The topological polar surface area (TPSA) is 75.4 Å². The minimum atomic E-state index is -0.315. The smallest absolute Gasteiger partial charge is 0.224 e. The molecule has 0 aromatic heterocycles. The largest absolute Gasteiger partial charge is 0.349 e. The summed E-state index contributed by atoms with van der Waals surface area (Å²) in [6.45, 7) is 4.20. The van der Waals surface area contributed by atoms with Crippen LogP contribution >= 0.6 is 0 Å². The Kier molecular flexibility index (Phi) is 7.64. The molecule has 0 aliphatic heterocycles. The molecule has 0 radical (unpaired) electrons. The van der Waals surface area contributed by atoms with Crippen molar-refractivity contribution in [1.82, 2.24) is 10.2 Å². The van der Waals surface area contributed by atoms with Crippen molar-refractivity contribution in [3.8, 4) is 0 Å². The van der Waals surface area contributed by atoms with E-state index in [0.717, 1.165) is 12.8 Å². The van der Waals surface area contributed by atoms with Crippen LogP contribution in [0.25, 0.3) is 0 Å². The quantitative estimate of drug-likeness (QED) is 0.700. The number of aryl methyl sites for hydroxylation is 1. The number of amides is 2. The summed E-state index contributed by atoms with van der Waals surface area (Å²) < 4.78 is 0. The lowest BCUT2D eigenvalue weighted by atomic mass is 9.89. The molecule has 1 aliphatic rings. The van der Waals surface area contributed by atoms with Gasteiger partial charge in [-0.15, -0.1) is 0 Å². The van der Waals surface area contributed by atoms with Gasteiger partial charge in [0.2, 0.25) is 11.8 Å². The molecule has 2 rings (SSSR count). The van der Waals surface area contributed by atoms with E-state index in [1.54, 1.807) is 7.05 Å². The molecule has 2 atom stereocenters. The Balaban J connectivity index is 2.13. The zero-order valence-corrected chi connectivity index (χ0v) is 16.3.